The Balaban J connectivity index is 2.47. The fourth-order valence-corrected chi connectivity index (χ4v) is 2.69. The average molecular weight is 356 g/mol. The van der Waals surface area contributed by atoms with E-state index in [0.717, 1.165) is 10.1 Å². The van der Waals surface area contributed by atoms with Crippen LogP contribution in [0.2, 0.25) is 0 Å². The second kappa shape index (κ2) is 8.32. The minimum absolute atomic E-state index is 0.0196. The fraction of sp³-hybridized carbons (Fsp3) is 0.316. The number of pyridine rings is 1. The van der Waals surface area contributed by atoms with Gasteiger partial charge < -0.3 is 14.6 Å². The summed E-state index contributed by atoms with van der Waals surface area (Å²) >= 11 is 0. The first-order valence-electron chi connectivity index (χ1n) is 7.96. The number of ether oxygens (including phenoxy) is 2. The van der Waals surface area contributed by atoms with Crippen LogP contribution in [0, 0.1) is 18.3 Å². The second-order valence-electron chi connectivity index (χ2n) is 5.71. The number of rotatable bonds is 7. The first kappa shape index (κ1) is 19.2. The van der Waals surface area contributed by atoms with Crippen molar-refractivity contribution in [1.82, 2.24) is 4.57 Å². The van der Waals surface area contributed by atoms with E-state index >= 15 is 0 Å². The normalized spacial score (nSPS) is 10.4. The van der Waals surface area contributed by atoms with Gasteiger partial charge in [-0.05, 0) is 30.2 Å². The van der Waals surface area contributed by atoms with Gasteiger partial charge >= 0.3 is 0 Å². The van der Waals surface area contributed by atoms with Crippen LogP contribution in [-0.4, -0.2) is 36.3 Å². The number of methoxy groups -OCH3 is 2. The molecule has 0 unspecified atom stereocenters. The van der Waals surface area contributed by atoms with E-state index in [1.54, 1.807) is 31.4 Å². The highest BCUT2D eigenvalue weighted by molar-refractivity contribution is 6.01. The lowest BCUT2D eigenvalue weighted by Crippen LogP contribution is -2.28. The molecule has 0 saturated heterocycles. The standard InChI is InChI=1S/C19H20N2O5/c1-12-15(11-20)18(23)21(8-9-25-2)19(24)17(12)16(22)10-13-4-6-14(26-3)7-5-13/h4-7,24H,8-10H2,1-3H3. The van der Waals surface area contributed by atoms with E-state index in [4.69, 9.17) is 9.47 Å². The van der Waals surface area contributed by atoms with E-state index in [9.17, 15) is 20.0 Å². The molecule has 0 bridgehead atoms. The minimum atomic E-state index is -0.638. The molecule has 1 aromatic heterocycles. The lowest BCUT2D eigenvalue weighted by molar-refractivity contribution is 0.0987. The lowest BCUT2D eigenvalue weighted by Gasteiger charge is -2.15. The number of aromatic hydroxyl groups is 1. The number of hydrogen-bond donors (Lipinski definition) is 1. The third-order valence-corrected chi connectivity index (χ3v) is 4.12. The summed E-state index contributed by atoms with van der Waals surface area (Å²) in [5, 5.41) is 19.8. The topological polar surface area (TPSA) is 102 Å². The van der Waals surface area contributed by atoms with Gasteiger partial charge in [-0.15, -0.1) is 0 Å². The molecule has 0 saturated carbocycles. The van der Waals surface area contributed by atoms with Crippen LogP contribution >= 0.6 is 0 Å². The molecule has 1 aromatic carbocycles. The van der Waals surface area contributed by atoms with Crippen LogP contribution < -0.4 is 10.3 Å². The van der Waals surface area contributed by atoms with Crippen LogP contribution in [0.15, 0.2) is 29.1 Å². The number of ketones is 1. The van der Waals surface area contributed by atoms with Crippen LogP contribution in [0.4, 0.5) is 0 Å². The van der Waals surface area contributed by atoms with Gasteiger partial charge in [-0.1, -0.05) is 12.1 Å². The van der Waals surface area contributed by atoms with Gasteiger partial charge in [0.15, 0.2) is 5.78 Å². The summed E-state index contributed by atoms with van der Waals surface area (Å²) in [5.41, 5.74) is 0.0931. The van der Waals surface area contributed by atoms with Crippen molar-refractivity contribution in [3.05, 3.63) is 56.9 Å². The quantitative estimate of drug-likeness (QED) is 0.759. The molecule has 2 rings (SSSR count). The van der Waals surface area contributed by atoms with Crippen molar-refractivity contribution in [1.29, 1.82) is 5.26 Å². The van der Waals surface area contributed by atoms with E-state index in [-0.39, 0.29) is 42.0 Å². The number of carbonyl (C=O) groups is 1. The number of Topliss-reactive ketones (excluding diaryl/α,β-unsaturated/α-hetero) is 1. The summed E-state index contributed by atoms with van der Waals surface area (Å²) in [6.07, 6.45) is 0.0196. The number of nitriles is 1. The number of hydrogen-bond acceptors (Lipinski definition) is 6. The van der Waals surface area contributed by atoms with E-state index in [0.29, 0.717) is 5.75 Å². The monoisotopic (exact) mass is 356 g/mol. The molecule has 1 N–H and O–H groups in total. The Labute approximate surface area is 151 Å². The first-order chi connectivity index (χ1) is 12.4. The van der Waals surface area contributed by atoms with Crippen LogP contribution in [0.3, 0.4) is 0 Å². The zero-order chi connectivity index (χ0) is 19.3. The van der Waals surface area contributed by atoms with Crippen molar-refractivity contribution >= 4 is 5.78 Å². The predicted molar refractivity (Wildman–Crippen MR) is 94.7 cm³/mol. The van der Waals surface area contributed by atoms with Crippen LogP contribution in [0.1, 0.15) is 27.0 Å². The Kier molecular flexibility index (Phi) is 6.15. The molecule has 1 heterocycles. The number of nitrogens with zero attached hydrogens (tertiary/aromatic N) is 2. The molecule has 7 heteroatoms. The Hall–Kier alpha value is -3.11. The Morgan fingerprint density at radius 1 is 1.27 bits per heavy atom. The van der Waals surface area contributed by atoms with Crippen molar-refractivity contribution in [3.8, 4) is 17.7 Å². The molecule has 0 aliphatic rings. The molecule has 0 aliphatic carbocycles. The summed E-state index contributed by atoms with van der Waals surface area (Å²) < 4.78 is 11.0. The summed E-state index contributed by atoms with van der Waals surface area (Å²) in [4.78, 5) is 25.1. The maximum atomic E-state index is 12.8. The van der Waals surface area contributed by atoms with Gasteiger partial charge in [0.05, 0.1) is 25.8 Å². The maximum absolute atomic E-state index is 12.8. The molecular formula is C19H20N2O5. The minimum Gasteiger partial charge on any atom is -0.497 e. The predicted octanol–water partition coefficient (Wildman–Crippen LogP) is 1.81. The zero-order valence-corrected chi connectivity index (χ0v) is 14.9. The molecule has 7 nitrogen and oxygen atoms in total. The van der Waals surface area contributed by atoms with Gasteiger partial charge in [0.25, 0.3) is 5.56 Å². The summed E-state index contributed by atoms with van der Waals surface area (Å²) in [6.45, 7) is 1.69. The average Bonchev–Trinajstić information content (AvgIpc) is 2.62. The van der Waals surface area contributed by atoms with Crippen molar-refractivity contribution in [3.63, 3.8) is 0 Å². The highest BCUT2D eigenvalue weighted by atomic mass is 16.5. The highest BCUT2D eigenvalue weighted by Gasteiger charge is 2.23. The van der Waals surface area contributed by atoms with Gasteiger partial charge in [0.2, 0.25) is 5.88 Å². The zero-order valence-electron chi connectivity index (χ0n) is 14.9. The van der Waals surface area contributed by atoms with Crippen LogP contribution in [0.5, 0.6) is 11.6 Å². The van der Waals surface area contributed by atoms with Gasteiger partial charge in [0, 0.05) is 13.5 Å². The maximum Gasteiger partial charge on any atom is 0.271 e. The van der Waals surface area contributed by atoms with Crippen molar-refractivity contribution in [2.24, 2.45) is 0 Å². The lowest BCUT2D eigenvalue weighted by atomic mass is 9.97. The van der Waals surface area contributed by atoms with E-state index in [1.165, 1.54) is 14.0 Å². The highest BCUT2D eigenvalue weighted by Crippen LogP contribution is 2.24. The first-order valence-corrected chi connectivity index (χ1v) is 7.96. The third kappa shape index (κ3) is 3.76. The summed E-state index contributed by atoms with van der Waals surface area (Å²) in [7, 11) is 3.01. The Morgan fingerprint density at radius 2 is 1.92 bits per heavy atom. The van der Waals surface area contributed by atoms with Crippen molar-refractivity contribution in [2.45, 2.75) is 19.9 Å². The summed E-state index contributed by atoms with van der Waals surface area (Å²) in [5.74, 6) is -0.157. The molecule has 26 heavy (non-hydrogen) atoms. The van der Waals surface area contributed by atoms with Crippen LogP contribution in [0.25, 0.3) is 0 Å². The van der Waals surface area contributed by atoms with Gasteiger partial charge in [-0.25, -0.2) is 0 Å². The molecule has 0 spiro atoms. The Morgan fingerprint density at radius 3 is 2.46 bits per heavy atom. The SMILES string of the molecule is COCCn1c(O)c(C(=O)Cc2ccc(OC)cc2)c(C)c(C#N)c1=O. The number of benzene rings is 1. The van der Waals surface area contributed by atoms with Gasteiger partial charge in [0.1, 0.15) is 17.4 Å². The molecule has 0 aliphatic heterocycles. The number of carbonyl (C=O) groups excluding carboxylic acids is 1. The molecular weight excluding hydrogens is 336 g/mol. The molecule has 0 atom stereocenters. The molecule has 0 radical (unpaired) electrons. The summed E-state index contributed by atoms with van der Waals surface area (Å²) in [6, 6.07) is 8.78. The van der Waals surface area contributed by atoms with Crippen LogP contribution in [-0.2, 0) is 17.7 Å². The molecule has 136 valence electrons. The Bertz CT molecular complexity index is 907. The van der Waals surface area contributed by atoms with Gasteiger partial charge in [-0.2, -0.15) is 5.26 Å². The third-order valence-electron chi connectivity index (χ3n) is 4.12. The molecule has 0 amide bonds. The van der Waals surface area contributed by atoms with Crippen molar-refractivity contribution < 1.29 is 19.4 Å². The van der Waals surface area contributed by atoms with E-state index in [2.05, 4.69) is 0 Å². The van der Waals surface area contributed by atoms with Gasteiger partial charge in [-0.3, -0.25) is 14.2 Å². The molecule has 2 aromatic rings. The number of aromatic nitrogens is 1. The smallest absolute Gasteiger partial charge is 0.271 e. The largest absolute Gasteiger partial charge is 0.497 e. The molecule has 0 fully saturated rings. The van der Waals surface area contributed by atoms with Crippen molar-refractivity contribution in [2.75, 3.05) is 20.8 Å². The van der Waals surface area contributed by atoms with E-state index in [1.807, 2.05) is 6.07 Å². The van der Waals surface area contributed by atoms with E-state index < -0.39 is 11.4 Å². The fourth-order valence-electron chi connectivity index (χ4n) is 2.69. The second-order valence-corrected chi connectivity index (χ2v) is 5.71.